The van der Waals surface area contributed by atoms with Crippen molar-refractivity contribution in [2.75, 3.05) is 17.7 Å². The summed E-state index contributed by atoms with van der Waals surface area (Å²) in [6.45, 7) is 0. The summed E-state index contributed by atoms with van der Waals surface area (Å²) in [6, 6.07) is 11.2. The van der Waals surface area contributed by atoms with E-state index in [0.29, 0.717) is 5.82 Å². The number of benzene rings is 1. The fourth-order valence-electron chi connectivity index (χ4n) is 2.00. The number of carbonyl (C=O) groups excluding carboxylic acids is 1. The van der Waals surface area contributed by atoms with Gasteiger partial charge in [-0.1, -0.05) is 0 Å². The van der Waals surface area contributed by atoms with Gasteiger partial charge in [-0.15, -0.1) is 0 Å². The van der Waals surface area contributed by atoms with Crippen LogP contribution >= 0.6 is 0 Å². The van der Waals surface area contributed by atoms with E-state index in [1.165, 1.54) is 6.08 Å². The highest BCUT2D eigenvalue weighted by atomic mass is 16.5. The van der Waals surface area contributed by atoms with Crippen molar-refractivity contribution in [3.05, 3.63) is 54.2 Å². The van der Waals surface area contributed by atoms with Crippen LogP contribution in [0.2, 0.25) is 0 Å². The fraction of sp³-hybridized carbons (Fsp3) is 0.0667. The van der Waals surface area contributed by atoms with Crippen molar-refractivity contribution in [3.63, 3.8) is 0 Å². The first-order valence-electron chi connectivity index (χ1n) is 6.15. The predicted molar refractivity (Wildman–Crippen MR) is 77.5 cm³/mol. The number of hydrogen-bond acceptors (Lipinski definition) is 4. The summed E-state index contributed by atoms with van der Waals surface area (Å²) in [7, 11) is 1.62. The monoisotopic (exact) mass is 267 g/mol. The van der Waals surface area contributed by atoms with Gasteiger partial charge in [0.1, 0.15) is 5.75 Å². The topological polar surface area (TPSA) is 63.2 Å². The van der Waals surface area contributed by atoms with Crippen molar-refractivity contribution in [2.24, 2.45) is 0 Å². The number of hydrogen-bond donors (Lipinski definition) is 2. The molecule has 1 aromatic heterocycles. The van der Waals surface area contributed by atoms with E-state index < -0.39 is 0 Å². The summed E-state index contributed by atoms with van der Waals surface area (Å²) >= 11 is 0. The van der Waals surface area contributed by atoms with Gasteiger partial charge in [-0.2, -0.15) is 0 Å². The number of ether oxygens (including phenoxy) is 1. The van der Waals surface area contributed by atoms with Crippen molar-refractivity contribution in [2.45, 2.75) is 0 Å². The third kappa shape index (κ3) is 2.33. The predicted octanol–water partition coefficient (Wildman–Crippen LogP) is 2.50. The molecule has 2 heterocycles. The minimum Gasteiger partial charge on any atom is -0.497 e. The third-order valence-electron chi connectivity index (χ3n) is 3.00. The third-order valence-corrected chi connectivity index (χ3v) is 3.00. The molecule has 0 radical (unpaired) electrons. The molecule has 0 unspecified atom stereocenters. The normalized spacial score (nSPS) is 13.4. The molecule has 3 rings (SSSR count). The van der Waals surface area contributed by atoms with Crippen LogP contribution in [0.1, 0.15) is 5.56 Å². The van der Waals surface area contributed by atoms with Crippen molar-refractivity contribution in [3.8, 4) is 5.75 Å². The zero-order chi connectivity index (χ0) is 13.9. The second-order valence-electron chi connectivity index (χ2n) is 4.30. The zero-order valence-corrected chi connectivity index (χ0v) is 10.9. The van der Waals surface area contributed by atoms with Crippen LogP contribution in [0, 0.1) is 0 Å². The number of rotatable bonds is 2. The van der Waals surface area contributed by atoms with Gasteiger partial charge in [-0.25, -0.2) is 4.98 Å². The molecule has 0 saturated heterocycles. The van der Waals surface area contributed by atoms with Crippen LogP contribution < -0.4 is 15.4 Å². The number of pyridine rings is 1. The molecular formula is C15H13N3O2. The molecule has 0 spiro atoms. The molecule has 1 aliphatic rings. The lowest BCUT2D eigenvalue weighted by Crippen LogP contribution is -2.08. The summed E-state index contributed by atoms with van der Waals surface area (Å²) in [5, 5.41) is 5.95. The first-order chi connectivity index (χ1) is 9.76. The summed E-state index contributed by atoms with van der Waals surface area (Å²) in [5.74, 6) is 1.09. The highest BCUT2D eigenvalue weighted by molar-refractivity contribution is 6.09. The van der Waals surface area contributed by atoms with Gasteiger partial charge in [0.05, 0.1) is 18.5 Å². The molecule has 0 aliphatic carbocycles. The summed E-state index contributed by atoms with van der Waals surface area (Å²) in [4.78, 5) is 16.0. The van der Waals surface area contributed by atoms with E-state index >= 15 is 0 Å². The molecule has 0 fully saturated rings. The minimum atomic E-state index is -0.208. The number of amides is 1. The average Bonchev–Trinajstić information content (AvgIpc) is 2.65. The van der Waals surface area contributed by atoms with Crippen LogP contribution in [0.15, 0.2) is 48.7 Å². The SMILES string of the molecule is COc1ccc(C2=CC(=O)Nc3ncccc3N2)cc1. The molecule has 0 atom stereocenters. The van der Waals surface area contributed by atoms with Gasteiger partial charge >= 0.3 is 0 Å². The Balaban J connectivity index is 1.98. The van der Waals surface area contributed by atoms with E-state index in [1.807, 2.05) is 36.4 Å². The lowest BCUT2D eigenvalue weighted by Gasteiger charge is -2.10. The number of nitrogens with zero attached hydrogens (tertiary/aromatic N) is 1. The van der Waals surface area contributed by atoms with E-state index in [-0.39, 0.29) is 5.91 Å². The highest BCUT2D eigenvalue weighted by Gasteiger charge is 2.14. The Morgan fingerprint density at radius 1 is 1.10 bits per heavy atom. The molecule has 5 nitrogen and oxygen atoms in total. The van der Waals surface area contributed by atoms with E-state index in [0.717, 1.165) is 22.7 Å². The van der Waals surface area contributed by atoms with E-state index in [9.17, 15) is 4.79 Å². The van der Waals surface area contributed by atoms with Crippen LogP contribution in [-0.2, 0) is 4.79 Å². The molecule has 20 heavy (non-hydrogen) atoms. The van der Waals surface area contributed by atoms with Crippen molar-refractivity contribution in [1.29, 1.82) is 0 Å². The van der Waals surface area contributed by atoms with Crippen LogP contribution in [0.5, 0.6) is 5.75 Å². The van der Waals surface area contributed by atoms with E-state index in [2.05, 4.69) is 15.6 Å². The molecule has 2 aromatic rings. The maximum atomic E-state index is 11.9. The maximum absolute atomic E-state index is 11.9. The standard InChI is InChI=1S/C15H13N3O2/c1-20-11-6-4-10(5-7-11)13-9-14(19)18-15-12(17-13)3-2-8-16-15/h2-9,17H,1H3,(H,16,18,19). The van der Waals surface area contributed by atoms with Gasteiger partial charge in [0, 0.05) is 12.3 Å². The molecule has 5 heteroatoms. The quantitative estimate of drug-likeness (QED) is 0.877. The number of nitrogens with one attached hydrogen (secondary N) is 2. The Labute approximate surface area is 116 Å². The Hall–Kier alpha value is -2.82. The van der Waals surface area contributed by atoms with E-state index in [4.69, 9.17) is 4.74 Å². The van der Waals surface area contributed by atoms with Gasteiger partial charge in [0.15, 0.2) is 5.82 Å². The van der Waals surface area contributed by atoms with Gasteiger partial charge in [0.2, 0.25) is 0 Å². The molecule has 2 N–H and O–H groups in total. The number of carbonyl (C=O) groups is 1. The Kier molecular flexibility index (Phi) is 3.09. The molecule has 1 amide bonds. The number of fused-ring (bicyclic) bond motifs is 1. The van der Waals surface area contributed by atoms with Crippen LogP contribution in [-0.4, -0.2) is 18.0 Å². The highest BCUT2D eigenvalue weighted by Crippen LogP contribution is 2.27. The smallest absolute Gasteiger partial charge is 0.251 e. The number of aromatic nitrogens is 1. The zero-order valence-electron chi connectivity index (χ0n) is 10.9. The second-order valence-corrected chi connectivity index (χ2v) is 4.30. The van der Waals surface area contributed by atoms with Gasteiger partial charge < -0.3 is 15.4 Å². The van der Waals surface area contributed by atoms with Gasteiger partial charge in [-0.3, -0.25) is 4.79 Å². The Bertz CT molecular complexity index is 678. The Morgan fingerprint density at radius 3 is 2.65 bits per heavy atom. The molecule has 1 aliphatic heterocycles. The Morgan fingerprint density at radius 2 is 1.90 bits per heavy atom. The molecule has 0 saturated carbocycles. The van der Waals surface area contributed by atoms with E-state index in [1.54, 1.807) is 13.3 Å². The lowest BCUT2D eigenvalue weighted by atomic mass is 10.1. The molecule has 1 aromatic carbocycles. The number of anilines is 2. The number of methoxy groups -OCH3 is 1. The van der Waals surface area contributed by atoms with Crippen molar-refractivity contribution < 1.29 is 9.53 Å². The van der Waals surface area contributed by atoms with Gasteiger partial charge in [0.25, 0.3) is 5.91 Å². The minimum absolute atomic E-state index is 0.208. The van der Waals surface area contributed by atoms with Crippen molar-refractivity contribution >= 4 is 23.1 Å². The van der Waals surface area contributed by atoms with Crippen LogP contribution in [0.3, 0.4) is 0 Å². The summed E-state index contributed by atoms with van der Waals surface area (Å²) in [5.41, 5.74) is 2.38. The molecular weight excluding hydrogens is 254 g/mol. The first kappa shape index (κ1) is 12.2. The van der Waals surface area contributed by atoms with Crippen LogP contribution in [0.4, 0.5) is 11.5 Å². The fourth-order valence-corrected chi connectivity index (χ4v) is 2.00. The van der Waals surface area contributed by atoms with Gasteiger partial charge in [-0.05, 0) is 42.0 Å². The summed E-state index contributed by atoms with van der Waals surface area (Å²) < 4.78 is 5.13. The van der Waals surface area contributed by atoms with Crippen molar-refractivity contribution in [1.82, 2.24) is 4.98 Å². The maximum Gasteiger partial charge on any atom is 0.251 e. The first-order valence-corrected chi connectivity index (χ1v) is 6.15. The lowest BCUT2D eigenvalue weighted by molar-refractivity contribution is -0.111. The largest absolute Gasteiger partial charge is 0.497 e. The molecule has 100 valence electrons. The second kappa shape index (κ2) is 5.05. The molecule has 0 bridgehead atoms. The average molecular weight is 267 g/mol. The van der Waals surface area contributed by atoms with Crippen LogP contribution in [0.25, 0.3) is 5.70 Å². The summed E-state index contributed by atoms with van der Waals surface area (Å²) in [6.07, 6.45) is 3.16.